The zero-order valence-electron chi connectivity index (χ0n) is 14.2. The maximum absolute atomic E-state index is 12.5. The van der Waals surface area contributed by atoms with Crippen molar-refractivity contribution in [3.63, 3.8) is 0 Å². The lowest BCUT2D eigenvalue weighted by Gasteiger charge is -2.08. The van der Waals surface area contributed by atoms with Gasteiger partial charge >= 0.3 is 0 Å². The number of aromatic amines is 2. The van der Waals surface area contributed by atoms with E-state index in [4.69, 9.17) is 0 Å². The summed E-state index contributed by atoms with van der Waals surface area (Å²) in [4.78, 5) is 17.4. The topological polar surface area (TPSA) is 87.3 Å². The van der Waals surface area contributed by atoms with Gasteiger partial charge in [-0.3, -0.25) is 4.79 Å². The molecule has 0 saturated carbocycles. The second kappa shape index (κ2) is 7.84. The first kappa shape index (κ1) is 17.0. The van der Waals surface area contributed by atoms with Gasteiger partial charge in [0.15, 0.2) is 0 Å². The first-order chi connectivity index (χ1) is 13.3. The molecule has 2 N–H and O–H groups in total. The Hall–Kier alpha value is -3.45. The minimum absolute atomic E-state index is 0.262. The zero-order chi connectivity index (χ0) is 18.5. The molecule has 27 heavy (non-hydrogen) atoms. The van der Waals surface area contributed by atoms with Crippen LogP contribution in [-0.2, 0) is 0 Å². The van der Waals surface area contributed by atoms with E-state index in [0.717, 1.165) is 21.0 Å². The van der Waals surface area contributed by atoms with Gasteiger partial charge in [-0.15, -0.1) is 10.2 Å². The third-order valence-electron chi connectivity index (χ3n) is 3.83. The van der Waals surface area contributed by atoms with Gasteiger partial charge in [-0.05, 0) is 35.1 Å². The number of tetrazole rings is 1. The fraction of sp³-hybridized carbons (Fsp3) is 0. The highest BCUT2D eigenvalue weighted by atomic mass is 32.2. The van der Waals surface area contributed by atoms with Crippen LogP contribution in [0.1, 0.15) is 11.3 Å². The molecule has 2 heterocycles. The molecule has 4 aromatic rings. The fourth-order valence-electron chi connectivity index (χ4n) is 2.54. The molecular weight excluding hydrogens is 358 g/mol. The van der Waals surface area contributed by atoms with E-state index in [1.165, 1.54) is 0 Å². The second-order valence-corrected chi connectivity index (χ2v) is 6.80. The summed E-state index contributed by atoms with van der Waals surface area (Å²) in [7, 11) is 0. The Morgan fingerprint density at radius 3 is 2.37 bits per heavy atom. The van der Waals surface area contributed by atoms with Crippen molar-refractivity contribution in [1.29, 1.82) is 0 Å². The number of nitrogens with zero attached hydrogens (tertiary/aromatic N) is 3. The van der Waals surface area contributed by atoms with Crippen molar-refractivity contribution in [2.75, 3.05) is 0 Å². The van der Waals surface area contributed by atoms with Crippen LogP contribution in [0.15, 0.2) is 81.3 Å². The molecule has 7 heteroatoms. The number of pyridine rings is 1. The Kier molecular flexibility index (Phi) is 4.93. The van der Waals surface area contributed by atoms with Crippen LogP contribution in [0.4, 0.5) is 0 Å². The number of H-pyrrole nitrogens is 2. The summed E-state index contributed by atoms with van der Waals surface area (Å²) in [6.07, 6.45) is 3.87. The third-order valence-corrected chi connectivity index (χ3v) is 4.90. The highest BCUT2D eigenvalue weighted by Crippen LogP contribution is 2.31. The van der Waals surface area contributed by atoms with Gasteiger partial charge in [-0.2, -0.15) is 5.21 Å². The summed E-state index contributed by atoms with van der Waals surface area (Å²) in [5.74, 6) is 0.268. The molecule has 0 bridgehead atoms. The Bertz CT molecular complexity index is 1110. The quantitative estimate of drug-likeness (QED) is 0.554. The van der Waals surface area contributed by atoms with Crippen LogP contribution >= 0.6 is 11.8 Å². The minimum Gasteiger partial charge on any atom is -0.321 e. The zero-order valence-corrected chi connectivity index (χ0v) is 15.0. The van der Waals surface area contributed by atoms with Gasteiger partial charge in [0.2, 0.25) is 5.82 Å². The summed E-state index contributed by atoms with van der Waals surface area (Å²) >= 11 is 1.56. The first-order valence-electron chi connectivity index (χ1n) is 8.27. The van der Waals surface area contributed by atoms with Gasteiger partial charge < -0.3 is 4.98 Å². The van der Waals surface area contributed by atoms with Crippen molar-refractivity contribution in [1.82, 2.24) is 25.6 Å². The lowest BCUT2D eigenvalue weighted by molar-refractivity contribution is 0.881. The smallest absolute Gasteiger partial charge is 0.259 e. The van der Waals surface area contributed by atoms with E-state index in [0.29, 0.717) is 5.56 Å². The molecule has 0 atom stereocenters. The first-order valence-corrected chi connectivity index (χ1v) is 9.08. The predicted octanol–water partition coefficient (Wildman–Crippen LogP) is 3.88. The van der Waals surface area contributed by atoms with E-state index in [1.54, 1.807) is 17.8 Å². The monoisotopic (exact) mass is 373 g/mol. The van der Waals surface area contributed by atoms with Gasteiger partial charge in [0, 0.05) is 9.79 Å². The fourth-order valence-corrected chi connectivity index (χ4v) is 3.49. The Labute approximate surface area is 159 Å². The molecule has 0 amide bonds. The Balaban J connectivity index is 1.77. The van der Waals surface area contributed by atoms with E-state index in [-0.39, 0.29) is 11.4 Å². The van der Waals surface area contributed by atoms with Crippen molar-refractivity contribution >= 4 is 23.9 Å². The van der Waals surface area contributed by atoms with Crippen LogP contribution in [0.3, 0.4) is 0 Å². The summed E-state index contributed by atoms with van der Waals surface area (Å²) in [5, 5.41) is 13.8. The Morgan fingerprint density at radius 1 is 0.926 bits per heavy atom. The summed E-state index contributed by atoms with van der Waals surface area (Å²) in [5.41, 5.74) is 1.89. The van der Waals surface area contributed by atoms with E-state index >= 15 is 0 Å². The van der Waals surface area contributed by atoms with E-state index < -0.39 is 0 Å². The van der Waals surface area contributed by atoms with Gasteiger partial charge in [0.1, 0.15) is 0 Å². The summed E-state index contributed by atoms with van der Waals surface area (Å²) in [6, 6.07) is 21.7. The number of hydrogen-bond acceptors (Lipinski definition) is 5. The number of aromatic nitrogens is 5. The van der Waals surface area contributed by atoms with Crippen LogP contribution in [0.25, 0.3) is 23.5 Å². The van der Waals surface area contributed by atoms with Crippen molar-refractivity contribution in [2.45, 2.75) is 9.79 Å². The predicted molar refractivity (Wildman–Crippen MR) is 106 cm³/mol. The van der Waals surface area contributed by atoms with Crippen LogP contribution in [-0.4, -0.2) is 25.6 Å². The SMILES string of the molecule is O=c1[nH]c(/C=C/c2ccccc2)c(Sc2ccccc2)cc1-c1nn[nH]n1. The maximum atomic E-state index is 12.5. The van der Waals surface area contributed by atoms with Crippen molar-refractivity contribution in [3.05, 3.63) is 88.3 Å². The van der Waals surface area contributed by atoms with Crippen LogP contribution < -0.4 is 5.56 Å². The van der Waals surface area contributed by atoms with Crippen LogP contribution in [0.2, 0.25) is 0 Å². The van der Waals surface area contributed by atoms with Gasteiger partial charge in [0.25, 0.3) is 5.56 Å². The highest BCUT2D eigenvalue weighted by Gasteiger charge is 2.13. The lowest BCUT2D eigenvalue weighted by Crippen LogP contribution is -2.12. The molecule has 2 aromatic heterocycles. The molecule has 0 aliphatic carbocycles. The number of nitrogens with one attached hydrogen (secondary N) is 2. The van der Waals surface area contributed by atoms with E-state index in [2.05, 4.69) is 25.6 Å². The maximum Gasteiger partial charge on any atom is 0.259 e. The summed E-state index contributed by atoms with van der Waals surface area (Å²) in [6.45, 7) is 0. The third kappa shape index (κ3) is 4.04. The van der Waals surface area contributed by atoms with Crippen molar-refractivity contribution < 1.29 is 0 Å². The lowest BCUT2D eigenvalue weighted by atomic mass is 10.2. The number of rotatable bonds is 5. The molecule has 0 saturated heterocycles. The number of benzene rings is 2. The molecule has 4 rings (SSSR count). The van der Waals surface area contributed by atoms with Crippen molar-refractivity contribution in [2.24, 2.45) is 0 Å². The molecule has 0 spiro atoms. The van der Waals surface area contributed by atoms with E-state index in [1.807, 2.05) is 72.8 Å². The molecule has 0 aliphatic rings. The average molecular weight is 373 g/mol. The average Bonchev–Trinajstić information content (AvgIpc) is 3.24. The Morgan fingerprint density at radius 2 is 1.67 bits per heavy atom. The van der Waals surface area contributed by atoms with Crippen LogP contribution in [0, 0.1) is 0 Å². The van der Waals surface area contributed by atoms with Gasteiger partial charge in [-0.1, -0.05) is 66.4 Å². The van der Waals surface area contributed by atoms with Crippen LogP contribution in [0.5, 0.6) is 0 Å². The second-order valence-electron chi connectivity index (χ2n) is 5.68. The molecule has 132 valence electrons. The largest absolute Gasteiger partial charge is 0.321 e. The molecule has 2 aromatic carbocycles. The van der Waals surface area contributed by atoms with E-state index in [9.17, 15) is 4.79 Å². The molecular formula is C20H15N5OS. The van der Waals surface area contributed by atoms with Gasteiger partial charge in [0.05, 0.1) is 11.3 Å². The van der Waals surface area contributed by atoms with Crippen molar-refractivity contribution in [3.8, 4) is 11.4 Å². The molecule has 0 radical (unpaired) electrons. The molecule has 0 aliphatic heterocycles. The normalized spacial score (nSPS) is 11.1. The standard InChI is InChI=1S/C20H15N5OS/c26-20-16(19-22-24-25-23-19)13-18(27-15-9-5-2-6-10-15)17(21-20)12-11-14-7-3-1-4-8-14/h1-13H,(H,21,26)(H,22,23,24,25)/b12-11+. The minimum atomic E-state index is -0.262. The molecule has 0 unspecified atom stereocenters. The molecule has 0 fully saturated rings. The highest BCUT2D eigenvalue weighted by molar-refractivity contribution is 7.99. The number of hydrogen-bond donors (Lipinski definition) is 2. The molecule has 6 nitrogen and oxygen atoms in total. The van der Waals surface area contributed by atoms with Gasteiger partial charge in [-0.25, -0.2) is 0 Å². The summed E-state index contributed by atoms with van der Waals surface area (Å²) < 4.78 is 0.